The largest absolute Gasteiger partial charge is 4.00 e. The maximum atomic E-state index is 3.67. The average Bonchev–Trinajstić information content (AvgIpc) is 3.53. The van der Waals surface area contributed by atoms with Crippen molar-refractivity contribution < 1.29 is 51.0 Å². The summed E-state index contributed by atoms with van der Waals surface area (Å²) in [4.78, 5) is 0. The molecule has 6 aromatic rings. The summed E-state index contributed by atoms with van der Waals surface area (Å²) in [6.45, 7) is 15.8. The molecule has 1 aliphatic rings. The van der Waals surface area contributed by atoms with Gasteiger partial charge in [0.05, 0.1) is 0 Å². The summed E-state index contributed by atoms with van der Waals surface area (Å²) in [5.74, 6) is 0. The van der Waals surface area contributed by atoms with E-state index in [9.17, 15) is 0 Å². The zero-order valence-corrected chi connectivity index (χ0v) is 30.7. The van der Waals surface area contributed by atoms with Crippen LogP contribution in [-0.2, 0) is 43.5 Å². The van der Waals surface area contributed by atoms with Crippen molar-refractivity contribution in [2.75, 3.05) is 0 Å². The molecule has 0 unspecified atom stereocenters. The molecule has 0 fully saturated rings. The van der Waals surface area contributed by atoms with Crippen LogP contribution in [0.3, 0.4) is 0 Å². The summed E-state index contributed by atoms with van der Waals surface area (Å²) < 4.78 is 0. The smallest absolute Gasteiger partial charge is 1.00 e. The van der Waals surface area contributed by atoms with E-state index >= 15 is 0 Å². The molecule has 0 spiro atoms. The van der Waals surface area contributed by atoms with Gasteiger partial charge in [-0.3, -0.25) is 0 Å². The summed E-state index contributed by atoms with van der Waals surface area (Å²) in [5, 5.41) is 5.33. The molecular weight excluding hydrogens is 655 g/mol. The van der Waals surface area contributed by atoms with Crippen LogP contribution in [0.25, 0.3) is 43.8 Å². The van der Waals surface area contributed by atoms with Gasteiger partial charge >= 0.3 is 26.2 Å². The van der Waals surface area contributed by atoms with E-state index in [2.05, 4.69) is 158 Å². The van der Waals surface area contributed by atoms with Crippen molar-refractivity contribution >= 4 is 21.5 Å². The maximum Gasteiger partial charge on any atom is 4.00 e. The number of aryl methyl sites for hydroxylation is 1. The van der Waals surface area contributed by atoms with E-state index in [1.807, 2.05) is 0 Å². The van der Waals surface area contributed by atoms with Gasteiger partial charge in [0.2, 0.25) is 0 Å². The van der Waals surface area contributed by atoms with E-state index in [-0.39, 0.29) is 61.8 Å². The third-order valence-corrected chi connectivity index (χ3v) is 8.57. The second-order valence-corrected chi connectivity index (χ2v) is 13.6. The molecule has 0 atom stereocenters. The van der Waals surface area contributed by atoms with Crippen LogP contribution in [0, 0.1) is 13.0 Å². The van der Waals surface area contributed by atoms with E-state index in [4.69, 9.17) is 0 Å². The first-order chi connectivity index (χ1) is 19.5. The van der Waals surface area contributed by atoms with Crippen LogP contribution in [0.4, 0.5) is 0 Å². The zero-order chi connectivity index (χ0) is 28.9. The molecule has 0 amide bonds. The van der Waals surface area contributed by atoms with Crippen molar-refractivity contribution in [2.24, 2.45) is 0 Å². The van der Waals surface area contributed by atoms with Gasteiger partial charge < -0.3 is 24.8 Å². The van der Waals surface area contributed by atoms with E-state index < -0.39 is 0 Å². The normalized spacial score (nSPS) is 11.8. The SMILES string of the molecule is CC(C)(C)c1[c-]c2c(cc1)-c1ccc(C(C)(C)C)cc1C2.Cc1cccc2c(-c3c[cH-]c4ccccc34)cccc12.[Cl-].[Cl-].[Zr+4]. The maximum absolute atomic E-state index is 3.67. The molecule has 0 aromatic heterocycles. The van der Waals surface area contributed by atoms with Gasteiger partial charge in [-0.15, -0.1) is 57.8 Å². The minimum Gasteiger partial charge on any atom is -1.00 e. The summed E-state index contributed by atoms with van der Waals surface area (Å²) >= 11 is 0. The summed E-state index contributed by atoms with van der Waals surface area (Å²) in [6.07, 6.45) is 1.03. The molecule has 0 N–H and O–H groups in total. The third kappa shape index (κ3) is 6.97. The molecule has 44 heavy (non-hydrogen) atoms. The predicted molar refractivity (Wildman–Crippen MR) is 178 cm³/mol. The Morgan fingerprint density at radius 2 is 1.27 bits per heavy atom. The first-order valence-electron chi connectivity index (χ1n) is 14.8. The quantitative estimate of drug-likeness (QED) is 0.204. The molecule has 7 rings (SSSR count). The summed E-state index contributed by atoms with van der Waals surface area (Å²) in [5.41, 5.74) is 12.7. The van der Waals surface area contributed by atoms with Gasteiger partial charge in [0.1, 0.15) is 0 Å². The van der Waals surface area contributed by atoms with Crippen LogP contribution in [0.5, 0.6) is 0 Å². The van der Waals surface area contributed by atoms with Crippen LogP contribution >= 0.6 is 0 Å². The Morgan fingerprint density at radius 3 is 2.00 bits per heavy atom. The van der Waals surface area contributed by atoms with Crippen LogP contribution < -0.4 is 24.8 Å². The minimum atomic E-state index is 0. The fourth-order valence-corrected chi connectivity index (χ4v) is 6.12. The molecule has 0 aliphatic heterocycles. The Labute approximate surface area is 295 Å². The van der Waals surface area contributed by atoms with Crippen molar-refractivity contribution in [2.45, 2.75) is 65.7 Å². The molecule has 0 nitrogen and oxygen atoms in total. The molecule has 0 saturated heterocycles. The van der Waals surface area contributed by atoms with Gasteiger partial charge in [0, 0.05) is 0 Å². The summed E-state index contributed by atoms with van der Waals surface area (Å²) in [6, 6.07) is 41.3. The summed E-state index contributed by atoms with van der Waals surface area (Å²) in [7, 11) is 0. The van der Waals surface area contributed by atoms with Gasteiger partial charge in [-0.05, 0) is 51.6 Å². The van der Waals surface area contributed by atoms with E-state index in [1.165, 1.54) is 71.6 Å². The predicted octanol–water partition coefficient (Wildman–Crippen LogP) is 5.35. The topological polar surface area (TPSA) is 0 Å². The number of fused-ring (bicyclic) bond motifs is 5. The monoisotopic (exact) mass is 692 g/mol. The fourth-order valence-electron chi connectivity index (χ4n) is 6.12. The number of hydrogen-bond donors (Lipinski definition) is 0. The Kier molecular flexibility index (Phi) is 11.3. The number of benzene rings is 5. The van der Waals surface area contributed by atoms with Crippen molar-refractivity contribution in [3.63, 3.8) is 0 Å². The Hall–Kier alpha value is -2.57. The van der Waals surface area contributed by atoms with E-state index in [0.717, 1.165) is 6.42 Å². The molecule has 1 aliphatic carbocycles. The van der Waals surface area contributed by atoms with Crippen LogP contribution in [0.2, 0.25) is 0 Å². The molecule has 0 bridgehead atoms. The van der Waals surface area contributed by atoms with E-state index in [1.54, 1.807) is 0 Å². The minimum absolute atomic E-state index is 0. The van der Waals surface area contributed by atoms with Crippen molar-refractivity contribution in [3.05, 3.63) is 137 Å². The first-order valence-corrected chi connectivity index (χ1v) is 14.8. The molecular formula is C41H40Cl2Zr. The first kappa shape index (κ1) is 35.9. The number of rotatable bonds is 1. The number of halogens is 2. The van der Waals surface area contributed by atoms with Gasteiger partial charge in [-0.25, -0.2) is 0 Å². The van der Waals surface area contributed by atoms with Crippen molar-refractivity contribution in [1.82, 2.24) is 0 Å². The Bertz CT molecular complexity index is 1840. The molecule has 222 valence electrons. The zero-order valence-electron chi connectivity index (χ0n) is 26.8. The number of hydrogen-bond acceptors (Lipinski definition) is 0. The van der Waals surface area contributed by atoms with Crippen LogP contribution in [0.1, 0.15) is 69.4 Å². The van der Waals surface area contributed by atoms with E-state index in [0.29, 0.717) is 0 Å². The molecule has 3 heteroatoms. The van der Waals surface area contributed by atoms with Crippen LogP contribution in [-0.4, -0.2) is 0 Å². The molecule has 0 saturated carbocycles. The Morgan fingerprint density at radius 1 is 0.614 bits per heavy atom. The third-order valence-electron chi connectivity index (χ3n) is 8.57. The Balaban J connectivity index is 0.000000225. The van der Waals surface area contributed by atoms with Crippen molar-refractivity contribution in [1.29, 1.82) is 0 Å². The van der Waals surface area contributed by atoms with Gasteiger partial charge in [0.15, 0.2) is 0 Å². The van der Waals surface area contributed by atoms with Gasteiger partial charge in [-0.1, -0.05) is 113 Å². The average molecular weight is 695 g/mol. The molecule has 0 radical (unpaired) electrons. The molecule has 0 heterocycles. The fraction of sp³-hybridized carbons (Fsp3) is 0.244. The van der Waals surface area contributed by atoms with Gasteiger partial charge in [0.25, 0.3) is 0 Å². The van der Waals surface area contributed by atoms with Crippen molar-refractivity contribution in [3.8, 4) is 22.3 Å². The second kappa shape index (κ2) is 13.8. The second-order valence-electron chi connectivity index (χ2n) is 13.6. The standard InChI is InChI=1S/C21H25.C20H15.2ClH.Zr/c1-20(2,3)16-7-9-18-14(12-16)11-15-13-17(21(4,5)6)8-10-19(15)18;1-14-6-4-10-18-16(14)9-5-11-19(18)20-13-12-15-7-2-3-8-17(15)20;;;/h7-10,12H,11H2,1-6H3;2-13H,1H3;2*1H;/q2*-1;;;+4/p-2. The molecule has 6 aromatic carbocycles. The van der Waals surface area contributed by atoms with Crippen LogP contribution in [0.15, 0.2) is 103 Å². The van der Waals surface area contributed by atoms with Gasteiger partial charge in [-0.2, -0.15) is 23.8 Å².